The van der Waals surface area contributed by atoms with Crippen LogP contribution in [0, 0.1) is 0 Å². The Morgan fingerprint density at radius 2 is 0.857 bits per heavy atom. The van der Waals surface area contributed by atoms with Crippen molar-refractivity contribution in [1.29, 1.82) is 0 Å². The first-order valence-corrected chi connectivity index (χ1v) is 12.1. The van der Waals surface area contributed by atoms with E-state index in [9.17, 15) is 0 Å². The van der Waals surface area contributed by atoms with Gasteiger partial charge in [0, 0.05) is 0 Å². The van der Waals surface area contributed by atoms with Crippen LogP contribution in [0.15, 0.2) is 115 Å². The van der Waals surface area contributed by atoms with Crippen LogP contribution in [0.4, 0.5) is 0 Å². The van der Waals surface area contributed by atoms with Crippen LogP contribution in [0.3, 0.4) is 0 Å². The molecule has 0 atom stereocenters. The molecule has 0 amide bonds. The van der Waals surface area contributed by atoms with E-state index >= 15 is 0 Å². The van der Waals surface area contributed by atoms with Crippen molar-refractivity contribution in [2.45, 2.75) is 0 Å². The molecule has 0 radical (unpaired) electrons. The number of fused-ring (bicyclic) bond motifs is 3. The second kappa shape index (κ2) is 8.39. The summed E-state index contributed by atoms with van der Waals surface area (Å²) in [5.41, 5.74) is 6.08. The Balaban J connectivity index is 1.47. The van der Waals surface area contributed by atoms with Crippen molar-refractivity contribution >= 4 is 44.9 Å². The Morgan fingerprint density at radius 1 is 0.400 bits per heavy atom. The summed E-state index contributed by atoms with van der Waals surface area (Å²) in [6, 6.07) is 41.5. The molecule has 1 fully saturated rings. The molecule has 1 aliphatic rings. The molecule has 7 rings (SSSR count). The zero-order chi connectivity index (χ0) is 23.2. The summed E-state index contributed by atoms with van der Waals surface area (Å²) in [5, 5.41) is 7.45. The number of benzene rings is 6. The Morgan fingerprint density at radius 3 is 1.51 bits per heavy atom. The second-order valence-electron chi connectivity index (χ2n) is 9.05. The quantitative estimate of drug-likeness (QED) is 0.265. The van der Waals surface area contributed by atoms with Gasteiger partial charge < -0.3 is 9.31 Å². The van der Waals surface area contributed by atoms with E-state index in [2.05, 4.69) is 115 Å². The molecule has 2 nitrogen and oxygen atoms in total. The molecule has 0 spiro atoms. The molecule has 0 saturated carbocycles. The van der Waals surface area contributed by atoms with E-state index in [1.165, 1.54) is 54.6 Å². The van der Waals surface area contributed by atoms with E-state index in [0.717, 1.165) is 5.46 Å². The fourth-order valence-electron chi connectivity index (χ4n) is 5.53. The van der Waals surface area contributed by atoms with Gasteiger partial charge in [-0.25, -0.2) is 0 Å². The predicted octanol–water partition coefficient (Wildman–Crippen LogP) is 7.22. The van der Waals surface area contributed by atoms with Gasteiger partial charge in [0.25, 0.3) is 0 Å². The molecule has 0 aromatic heterocycles. The first-order chi connectivity index (χ1) is 17.4. The molecule has 6 aromatic carbocycles. The van der Waals surface area contributed by atoms with E-state index < -0.39 is 0 Å². The summed E-state index contributed by atoms with van der Waals surface area (Å²) in [4.78, 5) is 0. The van der Waals surface area contributed by atoms with Crippen molar-refractivity contribution in [2.24, 2.45) is 0 Å². The average molecular weight is 450 g/mol. The van der Waals surface area contributed by atoms with Crippen LogP contribution in [-0.4, -0.2) is 20.3 Å². The van der Waals surface area contributed by atoms with Gasteiger partial charge in [-0.3, -0.25) is 0 Å². The monoisotopic (exact) mass is 450 g/mol. The molecule has 166 valence electrons. The minimum Gasteiger partial charge on any atom is -0.405 e. The lowest BCUT2D eigenvalue weighted by Gasteiger charge is -2.17. The lowest BCUT2D eigenvalue weighted by Crippen LogP contribution is -2.32. The molecule has 1 heterocycles. The Labute approximate surface area is 204 Å². The molecule has 1 aliphatic heterocycles. The van der Waals surface area contributed by atoms with Gasteiger partial charge in [-0.2, -0.15) is 0 Å². The van der Waals surface area contributed by atoms with E-state index in [0.29, 0.717) is 13.2 Å². The minimum absolute atomic E-state index is 0.292. The van der Waals surface area contributed by atoms with Gasteiger partial charge in [0.2, 0.25) is 0 Å². The first kappa shape index (κ1) is 20.5. The third kappa shape index (κ3) is 3.36. The lowest BCUT2D eigenvalue weighted by molar-refractivity contribution is 0.365. The number of hydrogen-bond donors (Lipinski definition) is 0. The second-order valence-corrected chi connectivity index (χ2v) is 9.05. The van der Waals surface area contributed by atoms with E-state index in [1.807, 2.05) is 0 Å². The summed E-state index contributed by atoms with van der Waals surface area (Å²) >= 11 is 0. The van der Waals surface area contributed by atoms with E-state index in [4.69, 9.17) is 9.31 Å². The molecule has 35 heavy (non-hydrogen) atoms. The normalized spacial score (nSPS) is 13.8. The van der Waals surface area contributed by atoms with Crippen molar-refractivity contribution < 1.29 is 9.31 Å². The topological polar surface area (TPSA) is 18.5 Å². The van der Waals surface area contributed by atoms with Crippen molar-refractivity contribution in [1.82, 2.24) is 0 Å². The Kier molecular flexibility index (Phi) is 4.90. The highest BCUT2D eigenvalue weighted by Gasteiger charge is 2.28. The number of hydrogen-bond acceptors (Lipinski definition) is 2. The highest BCUT2D eigenvalue weighted by Crippen LogP contribution is 2.40. The van der Waals surface area contributed by atoms with Crippen molar-refractivity contribution in [2.75, 3.05) is 13.2 Å². The molecule has 6 aromatic rings. The smallest absolute Gasteiger partial charge is 0.405 e. The zero-order valence-electron chi connectivity index (χ0n) is 19.3. The average Bonchev–Trinajstić information content (AvgIpc) is 3.47. The number of rotatable bonds is 3. The van der Waals surface area contributed by atoms with Gasteiger partial charge in [0.15, 0.2) is 0 Å². The van der Waals surface area contributed by atoms with Gasteiger partial charge in [-0.1, -0.05) is 115 Å². The molecule has 0 bridgehead atoms. The maximum atomic E-state index is 5.84. The fraction of sp³-hybridized carbons (Fsp3) is 0.0625. The summed E-state index contributed by atoms with van der Waals surface area (Å²) < 4.78 is 11.7. The zero-order valence-corrected chi connectivity index (χ0v) is 19.3. The Bertz CT molecular complexity index is 1710. The van der Waals surface area contributed by atoms with Crippen molar-refractivity contribution in [3.8, 4) is 22.3 Å². The summed E-state index contributed by atoms with van der Waals surface area (Å²) in [6.07, 6.45) is 0. The standard InChI is InChI=1S/C32H23BO2/c1-2-10-23-22(8-1)9-7-15-24(23)28-16-17-29(26-12-4-3-11-25(26)28)30-18-19-32(33-34-20-21-35-33)31-14-6-5-13-27(30)31/h1-19H,20-21H2. The van der Waals surface area contributed by atoms with Crippen LogP contribution in [0.2, 0.25) is 0 Å². The molecule has 0 N–H and O–H groups in total. The van der Waals surface area contributed by atoms with Crippen LogP contribution in [-0.2, 0) is 9.31 Å². The first-order valence-electron chi connectivity index (χ1n) is 12.1. The minimum atomic E-state index is -0.292. The van der Waals surface area contributed by atoms with Crippen LogP contribution in [0.1, 0.15) is 0 Å². The third-order valence-electron chi connectivity index (χ3n) is 7.13. The van der Waals surface area contributed by atoms with Gasteiger partial charge in [0.05, 0.1) is 13.2 Å². The summed E-state index contributed by atoms with van der Waals surface area (Å²) in [5.74, 6) is 0. The molecular weight excluding hydrogens is 427 g/mol. The maximum Gasteiger partial charge on any atom is 0.494 e. The van der Waals surface area contributed by atoms with Gasteiger partial charge >= 0.3 is 7.12 Å². The SMILES string of the molecule is c1ccc2c(-c3ccc(-c4ccc(B5OCCO5)c5ccccc45)c4ccccc34)cccc2c1. The largest absolute Gasteiger partial charge is 0.494 e. The van der Waals surface area contributed by atoms with Crippen LogP contribution in [0.25, 0.3) is 54.6 Å². The van der Waals surface area contributed by atoms with Gasteiger partial charge in [0.1, 0.15) is 0 Å². The maximum absolute atomic E-state index is 5.84. The molecule has 0 unspecified atom stereocenters. The highest BCUT2D eigenvalue weighted by atomic mass is 16.6. The van der Waals surface area contributed by atoms with Crippen LogP contribution >= 0.6 is 0 Å². The van der Waals surface area contributed by atoms with Crippen molar-refractivity contribution in [3.63, 3.8) is 0 Å². The Hall–Kier alpha value is -3.92. The van der Waals surface area contributed by atoms with Gasteiger partial charge in [-0.15, -0.1) is 0 Å². The highest BCUT2D eigenvalue weighted by molar-refractivity contribution is 6.65. The fourth-order valence-corrected chi connectivity index (χ4v) is 5.53. The van der Waals surface area contributed by atoms with Crippen LogP contribution < -0.4 is 5.46 Å². The molecular formula is C32H23BO2. The lowest BCUT2D eigenvalue weighted by atomic mass is 9.75. The van der Waals surface area contributed by atoms with Gasteiger partial charge in [-0.05, 0) is 60.0 Å². The third-order valence-corrected chi connectivity index (χ3v) is 7.13. The van der Waals surface area contributed by atoms with E-state index in [1.54, 1.807) is 0 Å². The molecule has 0 aliphatic carbocycles. The molecule has 1 saturated heterocycles. The van der Waals surface area contributed by atoms with Crippen molar-refractivity contribution in [3.05, 3.63) is 115 Å². The van der Waals surface area contributed by atoms with E-state index in [-0.39, 0.29) is 7.12 Å². The summed E-state index contributed by atoms with van der Waals surface area (Å²) in [7, 11) is -0.292. The predicted molar refractivity (Wildman–Crippen MR) is 147 cm³/mol. The molecule has 3 heteroatoms. The van der Waals surface area contributed by atoms with Crippen LogP contribution in [0.5, 0.6) is 0 Å². The summed E-state index contributed by atoms with van der Waals surface area (Å²) in [6.45, 7) is 1.28.